The lowest BCUT2D eigenvalue weighted by atomic mass is 10.3. The van der Waals surface area contributed by atoms with Crippen molar-refractivity contribution >= 4 is 32.5 Å². The topological polar surface area (TPSA) is 66.2 Å². The van der Waals surface area contributed by atoms with E-state index in [-0.39, 0.29) is 5.75 Å². The summed E-state index contributed by atoms with van der Waals surface area (Å²) in [4.78, 5) is 0. The van der Waals surface area contributed by atoms with Crippen LogP contribution >= 0.6 is 15.9 Å². The third-order valence-electron chi connectivity index (χ3n) is 2.07. The van der Waals surface area contributed by atoms with Crippen LogP contribution in [0.5, 0.6) is 5.75 Å². The molecule has 0 radical (unpaired) electrons. The van der Waals surface area contributed by atoms with E-state index in [0.717, 1.165) is 15.4 Å². The SMILES string of the molecule is Oc1cc(Br)c2c3cn[nH]c3nn2c1. The van der Waals surface area contributed by atoms with Gasteiger partial charge in [-0.25, -0.2) is 4.52 Å². The van der Waals surface area contributed by atoms with Crippen LogP contribution in [-0.2, 0) is 0 Å². The summed E-state index contributed by atoms with van der Waals surface area (Å²) in [6.07, 6.45) is 3.26. The number of H-pyrrole nitrogens is 1. The lowest BCUT2D eigenvalue weighted by Crippen LogP contribution is -1.87. The maximum Gasteiger partial charge on any atom is 0.178 e. The fourth-order valence-electron chi connectivity index (χ4n) is 1.50. The Kier molecular flexibility index (Phi) is 1.38. The molecule has 3 aromatic heterocycles. The Morgan fingerprint density at radius 2 is 2.36 bits per heavy atom. The molecule has 0 fully saturated rings. The van der Waals surface area contributed by atoms with Crippen LogP contribution in [-0.4, -0.2) is 24.9 Å². The summed E-state index contributed by atoms with van der Waals surface area (Å²) in [6, 6.07) is 1.63. The van der Waals surface area contributed by atoms with Crippen LogP contribution in [0.3, 0.4) is 0 Å². The highest BCUT2D eigenvalue weighted by molar-refractivity contribution is 9.10. The third-order valence-corrected chi connectivity index (χ3v) is 2.67. The molecule has 5 nitrogen and oxygen atoms in total. The van der Waals surface area contributed by atoms with Crippen LogP contribution in [0, 0.1) is 0 Å². The first-order chi connectivity index (χ1) is 6.75. The van der Waals surface area contributed by atoms with Crippen molar-refractivity contribution in [2.45, 2.75) is 0 Å². The zero-order chi connectivity index (χ0) is 9.71. The van der Waals surface area contributed by atoms with E-state index < -0.39 is 0 Å². The Balaban J connectivity index is 2.62. The Morgan fingerprint density at radius 1 is 1.50 bits per heavy atom. The number of hydrogen-bond donors (Lipinski definition) is 2. The molecular formula is C8H5BrN4O. The fraction of sp³-hybridized carbons (Fsp3) is 0. The van der Waals surface area contributed by atoms with E-state index in [2.05, 4.69) is 31.2 Å². The molecule has 0 aromatic carbocycles. The van der Waals surface area contributed by atoms with Crippen LogP contribution < -0.4 is 0 Å². The van der Waals surface area contributed by atoms with Crippen LogP contribution in [0.2, 0.25) is 0 Å². The maximum absolute atomic E-state index is 9.36. The number of pyridine rings is 1. The standard InChI is InChI=1S/C8H5BrN4O/c9-6-1-4(14)3-13-7(6)5-2-10-11-8(5)12-13/h1-3,14H,(H,11,12). The van der Waals surface area contributed by atoms with Crippen LogP contribution in [0.15, 0.2) is 22.9 Å². The van der Waals surface area contributed by atoms with Gasteiger partial charge in [-0.1, -0.05) is 0 Å². The van der Waals surface area contributed by atoms with Gasteiger partial charge in [0.05, 0.1) is 23.3 Å². The third kappa shape index (κ3) is 0.884. The minimum atomic E-state index is 0.169. The predicted octanol–water partition coefficient (Wildman–Crippen LogP) is 1.68. The second kappa shape index (κ2) is 2.48. The van der Waals surface area contributed by atoms with Crippen molar-refractivity contribution in [3.63, 3.8) is 0 Å². The van der Waals surface area contributed by atoms with Gasteiger partial charge < -0.3 is 5.11 Å². The molecular weight excluding hydrogens is 248 g/mol. The van der Waals surface area contributed by atoms with E-state index in [1.807, 2.05) is 0 Å². The van der Waals surface area contributed by atoms with Crippen LogP contribution in [0.25, 0.3) is 16.6 Å². The zero-order valence-electron chi connectivity index (χ0n) is 6.90. The molecule has 0 saturated heterocycles. The molecule has 0 saturated carbocycles. The molecule has 6 heteroatoms. The second-order valence-corrected chi connectivity index (χ2v) is 3.83. The Hall–Kier alpha value is -1.56. The number of rotatable bonds is 0. The molecule has 14 heavy (non-hydrogen) atoms. The molecule has 0 aliphatic heterocycles. The summed E-state index contributed by atoms with van der Waals surface area (Å²) in [5.74, 6) is 0.169. The predicted molar refractivity (Wildman–Crippen MR) is 54.2 cm³/mol. The van der Waals surface area contributed by atoms with E-state index in [1.54, 1.807) is 23.0 Å². The second-order valence-electron chi connectivity index (χ2n) is 2.97. The molecule has 0 atom stereocenters. The lowest BCUT2D eigenvalue weighted by molar-refractivity contribution is 0.470. The molecule has 3 aromatic rings. The Labute approximate surface area is 86.5 Å². The quantitative estimate of drug-likeness (QED) is 0.640. The van der Waals surface area contributed by atoms with Gasteiger partial charge in [-0.3, -0.25) is 5.10 Å². The van der Waals surface area contributed by atoms with Gasteiger partial charge >= 0.3 is 0 Å². The first-order valence-corrected chi connectivity index (χ1v) is 4.75. The summed E-state index contributed by atoms with van der Waals surface area (Å²) in [5.41, 5.74) is 1.60. The van der Waals surface area contributed by atoms with E-state index in [4.69, 9.17) is 0 Å². The summed E-state index contributed by atoms with van der Waals surface area (Å²) in [7, 11) is 0. The molecule has 0 aliphatic carbocycles. The monoisotopic (exact) mass is 252 g/mol. The van der Waals surface area contributed by atoms with Gasteiger partial charge in [0.2, 0.25) is 0 Å². The summed E-state index contributed by atoms with van der Waals surface area (Å²) in [6.45, 7) is 0. The average Bonchev–Trinajstić information content (AvgIpc) is 2.60. The van der Waals surface area contributed by atoms with Crippen molar-refractivity contribution in [3.05, 3.63) is 22.9 Å². The van der Waals surface area contributed by atoms with E-state index in [1.165, 1.54) is 0 Å². The van der Waals surface area contributed by atoms with E-state index in [0.29, 0.717) is 5.65 Å². The summed E-state index contributed by atoms with van der Waals surface area (Å²) >= 11 is 3.37. The number of aromatic amines is 1. The lowest BCUT2D eigenvalue weighted by Gasteiger charge is -1.97. The molecule has 0 bridgehead atoms. The molecule has 0 spiro atoms. The van der Waals surface area contributed by atoms with Crippen molar-refractivity contribution in [1.29, 1.82) is 0 Å². The van der Waals surface area contributed by atoms with Crippen molar-refractivity contribution in [2.24, 2.45) is 0 Å². The number of fused-ring (bicyclic) bond motifs is 3. The number of hydrogen-bond acceptors (Lipinski definition) is 3. The van der Waals surface area contributed by atoms with Crippen molar-refractivity contribution < 1.29 is 5.11 Å². The Bertz CT molecular complexity index is 627. The highest BCUT2D eigenvalue weighted by atomic mass is 79.9. The average molecular weight is 253 g/mol. The number of halogens is 1. The Morgan fingerprint density at radius 3 is 3.21 bits per heavy atom. The van der Waals surface area contributed by atoms with Gasteiger partial charge in [0.15, 0.2) is 5.65 Å². The molecule has 0 aliphatic rings. The smallest absolute Gasteiger partial charge is 0.178 e. The highest BCUT2D eigenvalue weighted by Gasteiger charge is 2.10. The molecule has 2 N–H and O–H groups in total. The molecule has 0 amide bonds. The molecule has 3 rings (SSSR count). The number of aromatic nitrogens is 4. The first-order valence-electron chi connectivity index (χ1n) is 3.95. The number of aromatic hydroxyl groups is 1. The number of nitrogens with one attached hydrogen (secondary N) is 1. The highest BCUT2D eigenvalue weighted by Crippen LogP contribution is 2.28. The van der Waals surface area contributed by atoms with E-state index >= 15 is 0 Å². The minimum Gasteiger partial charge on any atom is -0.506 e. The normalized spacial score (nSPS) is 11.5. The first kappa shape index (κ1) is 7.81. The van der Waals surface area contributed by atoms with Gasteiger partial charge in [-0.2, -0.15) is 5.10 Å². The summed E-state index contributed by atoms with van der Waals surface area (Å²) < 4.78 is 2.41. The zero-order valence-corrected chi connectivity index (χ0v) is 8.48. The van der Waals surface area contributed by atoms with Crippen molar-refractivity contribution in [3.8, 4) is 5.75 Å². The fourth-order valence-corrected chi connectivity index (χ4v) is 2.13. The van der Waals surface area contributed by atoms with Crippen LogP contribution in [0.4, 0.5) is 0 Å². The van der Waals surface area contributed by atoms with Crippen molar-refractivity contribution in [2.75, 3.05) is 0 Å². The van der Waals surface area contributed by atoms with Gasteiger partial charge in [-0.15, -0.1) is 5.10 Å². The van der Waals surface area contributed by atoms with E-state index in [9.17, 15) is 5.11 Å². The molecule has 0 unspecified atom stereocenters. The maximum atomic E-state index is 9.36. The minimum absolute atomic E-state index is 0.169. The van der Waals surface area contributed by atoms with Gasteiger partial charge in [-0.05, 0) is 22.0 Å². The molecule has 70 valence electrons. The van der Waals surface area contributed by atoms with Crippen LogP contribution in [0.1, 0.15) is 0 Å². The van der Waals surface area contributed by atoms with Gasteiger partial charge in [0, 0.05) is 4.47 Å². The largest absolute Gasteiger partial charge is 0.506 e. The molecule has 3 heterocycles. The summed E-state index contributed by atoms with van der Waals surface area (Å²) in [5, 5.41) is 21.2. The van der Waals surface area contributed by atoms with Gasteiger partial charge in [0.1, 0.15) is 5.75 Å². The van der Waals surface area contributed by atoms with Gasteiger partial charge in [0.25, 0.3) is 0 Å². The number of nitrogens with zero attached hydrogens (tertiary/aromatic N) is 3. The van der Waals surface area contributed by atoms with Crippen molar-refractivity contribution in [1.82, 2.24) is 19.8 Å².